The number of hydrogen-bond donors (Lipinski definition) is 3. The van der Waals surface area contributed by atoms with Crippen LogP contribution in [0.15, 0.2) is 79.1 Å². The molecule has 0 atom stereocenters. The molecule has 2 heterocycles. The van der Waals surface area contributed by atoms with Gasteiger partial charge in [-0.05, 0) is 29.8 Å². The van der Waals surface area contributed by atoms with E-state index in [1.807, 2.05) is 48.5 Å². The van der Waals surface area contributed by atoms with Gasteiger partial charge in [0, 0.05) is 18.8 Å². The molecule has 0 unspecified atom stereocenters. The molecule has 0 aliphatic carbocycles. The lowest BCUT2D eigenvalue weighted by atomic mass is 10.1. The Hall–Kier alpha value is -3.87. The van der Waals surface area contributed by atoms with Gasteiger partial charge < -0.3 is 10.2 Å². The van der Waals surface area contributed by atoms with Crippen molar-refractivity contribution in [2.75, 3.05) is 6.54 Å². The molecule has 7 heteroatoms. The molecule has 1 aromatic carbocycles. The number of rotatable bonds is 7. The summed E-state index contributed by atoms with van der Waals surface area (Å²) in [4.78, 5) is 22.1. The van der Waals surface area contributed by atoms with E-state index in [-0.39, 0.29) is 36.4 Å². The lowest BCUT2D eigenvalue weighted by molar-refractivity contribution is 0.0953. The molecule has 0 saturated heterocycles. The number of nitrogens with zero attached hydrogens (tertiary/aromatic N) is 3. The molecule has 0 saturated carbocycles. The number of carbonyl (C=O) groups excluding carboxylic acids is 1. The summed E-state index contributed by atoms with van der Waals surface area (Å²) in [6.07, 6.45) is 3.61. The van der Waals surface area contributed by atoms with Crippen LogP contribution in [0.4, 0.5) is 0 Å². The molecule has 0 aliphatic heterocycles. The minimum Gasteiger partial charge on any atom is -0.343 e. The van der Waals surface area contributed by atoms with Gasteiger partial charge in [-0.15, -0.1) is 0 Å². The van der Waals surface area contributed by atoms with Crippen molar-refractivity contribution >= 4 is 17.6 Å². The second-order valence-electron chi connectivity index (χ2n) is 6.36. The molecule has 1 amide bonds. The van der Waals surface area contributed by atoms with Crippen LogP contribution in [0.25, 0.3) is 0 Å². The topological polar surface area (TPSA) is 106 Å². The highest BCUT2D eigenvalue weighted by Gasteiger charge is 2.18. The smallest absolute Gasteiger partial charge is 0.270 e. The Morgan fingerprint density at radius 3 is 2.21 bits per heavy atom. The summed E-state index contributed by atoms with van der Waals surface area (Å²) in [6.45, 7) is 0.268. The van der Waals surface area contributed by atoms with E-state index in [1.54, 1.807) is 35.5 Å². The van der Waals surface area contributed by atoms with Crippen LogP contribution in [0.1, 0.15) is 21.7 Å². The Bertz CT molecular complexity index is 960. The van der Waals surface area contributed by atoms with Crippen LogP contribution >= 0.6 is 0 Å². The Balaban J connectivity index is 1.70. The maximum atomic E-state index is 12.2. The van der Waals surface area contributed by atoms with Gasteiger partial charge in [0.15, 0.2) is 0 Å². The Morgan fingerprint density at radius 2 is 1.55 bits per heavy atom. The van der Waals surface area contributed by atoms with Crippen LogP contribution in [0.5, 0.6) is 0 Å². The highest BCUT2D eigenvalue weighted by molar-refractivity contribution is 6.02. The third kappa shape index (κ3) is 5.80. The van der Waals surface area contributed by atoms with E-state index in [2.05, 4.69) is 15.3 Å². The summed E-state index contributed by atoms with van der Waals surface area (Å²) in [5, 5.41) is 19.7. The van der Waals surface area contributed by atoms with Crippen molar-refractivity contribution in [3.05, 3.63) is 96.1 Å². The van der Waals surface area contributed by atoms with Crippen molar-refractivity contribution in [1.29, 1.82) is 10.8 Å². The Morgan fingerprint density at radius 1 is 0.862 bits per heavy atom. The fourth-order valence-corrected chi connectivity index (χ4v) is 2.74. The first-order valence-electron chi connectivity index (χ1n) is 9.19. The van der Waals surface area contributed by atoms with E-state index < -0.39 is 0 Å². The Kier molecular flexibility index (Phi) is 6.78. The monoisotopic (exact) mass is 386 g/mol. The number of benzene rings is 1. The van der Waals surface area contributed by atoms with Crippen LogP contribution in [0, 0.1) is 10.8 Å². The second kappa shape index (κ2) is 9.89. The normalized spacial score (nSPS) is 10.2. The zero-order chi connectivity index (χ0) is 20.5. The number of carbonyl (C=O) groups is 1. The first-order valence-corrected chi connectivity index (χ1v) is 9.19. The number of hydrogen-bond acceptors (Lipinski definition) is 5. The van der Waals surface area contributed by atoms with Gasteiger partial charge in [-0.1, -0.05) is 42.5 Å². The van der Waals surface area contributed by atoms with Gasteiger partial charge in [0.25, 0.3) is 5.91 Å². The zero-order valence-electron chi connectivity index (χ0n) is 15.9. The lowest BCUT2D eigenvalue weighted by Crippen LogP contribution is -2.43. The van der Waals surface area contributed by atoms with Crippen LogP contribution in [-0.4, -0.2) is 39.0 Å². The molecule has 3 aromatic rings. The van der Waals surface area contributed by atoms with E-state index in [1.165, 1.54) is 0 Å². The number of amides is 1. The average Bonchev–Trinajstić information content (AvgIpc) is 2.77. The first kappa shape index (κ1) is 19.9. The predicted molar refractivity (Wildman–Crippen MR) is 112 cm³/mol. The van der Waals surface area contributed by atoms with Gasteiger partial charge in [-0.2, -0.15) is 0 Å². The quantitative estimate of drug-likeness (QED) is 0.429. The largest absolute Gasteiger partial charge is 0.343 e. The molecule has 0 spiro atoms. The summed E-state index contributed by atoms with van der Waals surface area (Å²) in [5.41, 5.74) is 2.01. The fourth-order valence-electron chi connectivity index (χ4n) is 2.74. The number of aromatic nitrogens is 2. The highest BCUT2D eigenvalue weighted by atomic mass is 16.1. The molecule has 2 aromatic heterocycles. The number of amidine groups is 2. The second-order valence-corrected chi connectivity index (χ2v) is 6.36. The third-order valence-corrected chi connectivity index (χ3v) is 4.23. The van der Waals surface area contributed by atoms with Crippen LogP contribution in [0.2, 0.25) is 0 Å². The first-order chi connectivity index (χ1) is 14.1. The van der Waals surface area contributed by atoms with Gasteiger partial charge in [-0.3, -0.25) is 25.6 Å². The molecule has 0 fully saturated rings. The summed E-state index contributed by atoms with van der Waals surface area (Å²) in [6, 6.07) is 20.3. The molecule has 0 aliphatic rings. The van der Waals surface area contributed by atoms with Crippen molar-refractivity contribution in [1.82, 2.24) is 20.2 Å². The van der Waals surface area contributed by atoms with E-state index in [0.29, 0.717) is 6.42 Å². The van der Waals surface area contributed by atoms with Gasteiger partial charge in [-0.25, -0.2) is 0 Å². The van der Waals surface area contributed by atoms with Crippen molar-refractivity contribution in [3.63, 3.8) is 0 Å². The van der Waals surface area contributed by atoms with E-state index >= 15 is 0 Å². The summed E-state index contributed by atoms with van der Waals surface area (Å²) >= 11 is 0. The zero-order valence-corrected chi connectivity index (χ0v) is 15.9. The van der Waals surface area contributed by atoms with Crippen molar-refractivity contribution in [2.45, 2.75) is 13.0 Å². The number of pyridine rings is 2. The summed E-state index contributed by atoms with van der Waals surface area (Å²) in [5.74, 6) is 0.0162. The average molecular weight is 386 g/mol. The molecule has 0 radical (unpaired) electrons. The molecular formula is C22H22N6O. The third-order valence-electron chi connectivity index (χ3n) is 4.23. The fraction of sp³-hybridized carbons (Fsp3) is 0.136. The Labute approximate surface area is 169 Å². The SMILES string of the molecule is N=C(CNC(=O)c1ccccn1)N(Cc1ccccn1)C(=N)Cc1ccccc1. The maximum Gasteiger partial charge on any atom is 0.270 e. The summed E-state index contributed by atoms with van der Waals surface area (Å²) in [7, 11) is 0. The molecule has 3 rings (SSSR count). The van der Waals surface area contributed by atoms with E-state index in [0.717, 1.165) is 11.3 Å². The molecule has 29 heavy (non-hydrogen) atoms. The highest BCUT2D eigenvalue weighted by Crippen LogP contribution is 2.08. The number of nitrogens with one attached hydrogen (secondary N) is 3. The summed E-state index contributed by atoms with van der Waals surface area (Å²) < 4.78 is 0. The van der Waals surface area contributed by atoms with Crippen LogP contribution < -0.4 is 5.32 Å². The molecular weight excluding hydrogens is 364 g/mol. The van der Waals surface area contributed by atoms with Gasteiger partial charge >= 0.3 is 0 Å². The minimum atomic E-state index is -0.359. The van der Waals surface area contributed by atoms with Crippen molar-refractivity contribution in [3.8, 4) is 0 Å². The molecule has 3 N–H and O–H groups in total. The standard InChI is InChI=1S/C22H22N6O/c23-20(14-17-8-2-1-3-9-17)28(16-18-10-4-6-12-25-18)21(24)15-27-22(29)19-11-5-7-13-26-19/h1-13,23-24H,14-16H2,(H,27,29). The van der Waals surface area contributed by atoms with Gasteiger partial charge in [0.1, 0.15) is 17.4 Å². The van der Waals surface area contributed by atoms with Crippen LogP contribution in [0.3, 0.4) is 0 Å². The van der Waals surface area contributed by atoms with Crippen LogP contribution in [-0.2, 0) is 13.0 Å². The van der Waals surface area contributed by atoms with E-state index in [4.69, 9.17) is 10.8 Å². The minimum absolute atomic E-state index is 0.0145. The molecule has 146 valence electrons. The van der Waals surface area contributed by atoms with Crippen molar-refractivity contribution < 1.29 is 4.79 Å². The van der Waals surface area contributed by atoms with Crippen molar-refractivity contribution in [2.24, 2.45) is 0 Å². The van der Waals surface area contributed by atoms with E-state index in [9.17, 15) is 4.79 Å². The van der Waals surface area contributed by atoms with Gasteiger partial charge in [0.05, 0.1) is 18.8 Å². The molecule has 7 nitrogen and oxygen atoms in total. The molecule has 0 bridgehead atoms. The lowest BCUT2D eigenvalue weighted by Gasteiger charge is -2.26. The maximum absolute atomic E-state index is 12.2. The van der Waals surface area contributed by atoms with Gasteiger partial charge in [0.2, 0.25) is 0 Å². The predicted octanol–water partition coefficient (Wildman–Crippen LogP) is 2.91.